The molecule has 0 unspecified atom stereocenters. The van der Waals surface area contributed by atoms with Gasteiger partial charge in [-0.2, -0.15) is 5.26 Å². The third-order valence-electron chi connectivity index (χ3n) is 2.85. The quantitative estimate of drug-likeness (QED) is 0.579. The van der Waals surface area contributed by atoms with E-state index >= 15 is 0 Å². The lowest BCUT2D eigenvalue weighted by Gasteiger charge is -2.05. The lowest BCUT2D eigenvalue weighted by Crippen LogP contribution is -2.30. The highest BCUT2D eigenvalue weighted by Gasteiger charge is 2.16. The molecular weight excluding hydrogens is 274 g/mol. The zero-order chi connectivity index (χ0) is 15.8. The molecule has 0 saturated heterocycles. The van der Waals surface area contributed by atoms with Gasteiger partial charge in [-0.3, -0.25) is 14.9 Å². The van der Waals surface area contributed by atoms with Crippen LogP contribution in [0, 0.1) is 25.2 Å². The molecule has 0 fully saturated rings. The van der Waals surface area contributed by atoms with Crippen LogP contribution in [0.25, 0.3) is 0 Å². The Hall–Kier alpha value is -2.33. The summed E-state index contributed by atoms with van der Waals surface area (Å²) in [5, 5.41) is 14.4. The fourth-order valence-corrected chi connectivity index (χ4v) is 1.65. The van der Waals surface area contributed by atoms with Crippen LogP contribution in [0.2, 0.25) is 0 Å². The molecule has 0 radical (unpaired) electrons. The third-order valence-corrected chi connectivity index (χ3v) is 2.85. The number of nitrogens with one attached hydrogen (secondary N) is 2. The van der Waals surface area contributed by atoms with Crippen molar-refractivity contribution in [1.29, 1.82) is 5.26 Å². The molecule has 1 heterocycles. The fraction of sp³-hybridized carbons (Fsp3) is 0.500. The van der Waals surface area contributed by atoms with Gasteiger partial charge in [0, 0.05) is 12.1 Å². The van der Waals surface area contributed by atoms with Gasteiger partial charge in [-0.15, -0.1) is 0 Å². The largest absolute Gasteiger partial charge is 0.466 e. The van der Waals surface area contributed by atoms with Crippen LogP contribution in [0.15, 0.2) is 4.42 Å². The van der Waals surface area contributed by atoms with Crippen LogP contribution < -0.4 is 10.6 Å². The summed E-state index contributed by atoms with van der Waals surface area (Å²) in [5.41, 5.74) is 1.04. The first-order chi connectivity index (χ1) is 9.99. The van der Waals surface area contributed by atoms with Gasteiger partial charge in [0.05, 0.1) is 19.6 Å². The fourth-order valence-electron chi connectivity index (χ4n) is 1.65. The molecule has 0 aromatic carbocycles. The van der Waals surface area contributed by atoms with Crippen LogP contribution >= 0.6 is 0 Å². The van der Waals surface area contributed by atoms with Crippen molar-refractivity contribution in [3.05, 3.63) is 16.9 Å². The summed E-state index contributed by atoms with van der Waals surface area (Å²) in [6.45, 7) is 5.91. The van der Waals surface area contributed by atoms with Crippen molar-refractivity contribution in [1.82, 2.24) is 5.32 Å². The Morgan fingerprint density at radius 1 is 1.38 bits per heavy atom. The third kappa shape index (κ3) is 4.93. The highest BCUT2D eigenvalue weighted by atomic mass is 16.5. The number of aryl methyl sites for hydroxylation is 1. The molecule has 1 amide bonds. The molecule has 1 aromatic rings. The molecule has 114 valence electrons. The lowest BCUT2D eigenvalue weighted by atomic mass is 10.2. The van der Waals surface area contributed by atoms with E-state index in [4.69, 9.17) is 14.4 Å². The predicted molar refractivity (Wildman–Crippen MR) is 75.6 cm³/mol. The number of ether oxygens (including phenoxy) is 1. The molecular formula is C14H19N3O4. The first-order valence-corrected chi connectivity index (χ1v) is 6.65. The molecule has 7 nitrogen and oxygen atoms in total. The Kier molecular flexibility index (Phi) is 6.43. The Balaban J connectivity index is 2.40. The standard InChI is InChI=1S/C14H19N3O4/c1-4-20-13(19)5-6-16-8-12(18)17-14-11(7-15)9(2)10(3)21-14/h16H,4-6,8H2,1-3H3,(H,17,18). The number of amides is 1. The molecule has 1 aromatic heterocycles. The monoisotopic (exact) mass is 293 g/mol. The Morgan fingerprint density at radius 2 is 2.10 bits per heavy atom. The van der Waals surface area contributed by atoms with Gasteiger partial charge in [-0.25, -0.2) is 0 Å². The summed E-state index contributed by atoms with van der Waals surface area (Å²) in [7, 11) is 0. The number of carbonyl (C=O) groups is 2. The number of hydrogen-bond donors (Lipinski definition) is 2. The second-order valence-corrected chi connectivity index (χ2v) is 4.38. The molecule has 0 aliphatic carbocycles. The van der Waals surface area contributed by atoms with E-state index in [0.717, 1.165) is 0 Å². The Morgan fingerprint density at radius 3 is 2.71 bits per heavy atom. The molecule has 7 heteroatoms. The van der Waals surface area contributed by atoms with Gasteiger partial charge in [0.1, 0.15) is 17.4 Å². The lowest BCUT2D eigenvalue weighted by molar-refractivity contribution is -0.143. The van der Waals surface area contributed by atoms with Crippen LogP contribution in [0.1, 0.15) is 30.2 Å². The molecule has 2 N–H and O–H groups in total. The van der Waals surface area contributed by atoms with Crippen molar-refractivity contribution in [2.24, 2.45) is 0 Å². The number of anilines is 1. The molecule has 0 atom stereocenters. The minimum absolute atomic E-state index is 0.0169. The van der Waals surface area contributed by atoms with E-state index in [-0.39, 0.29) is 30.7 Å². The van der Waals surface area contributed by atoms with Gasteiger partial charge in [-0.05, 0) is 20.8 Å². The van der Waals surface area contributed by atoms with Crippen molar-refractivity contribution in [2.75, 3.05) is 25.0 Å². The number of hydrogen-bond acceptors (Lipinski definition) is 6. The second-order valence-electron chi connectivity index (χ2n) is 4.38. The Bertz CT molecular complexity index is 557. The van der Waals surface area contributed by atoms with Crippen molar-refractivity contribution in [3.63, 3.8) is 0 Å². The van der Waals surface area contributed by atoms with E-state index in [2.05, 4.69) is 10.6 Å². The van der Waals surface area contributed by atoms with Gasteiger partial charge < -0.3 is 14.5 Å². The van der Waals surface area contributed by atoms with Crippen molar-refractivity contribution >= 4 is 17.8 Å². The number of carbonyl (C=O) groups excluding carboxylic acids is 2. The molecule has 1 rings (SSSR count). The van der Waals surface area contributed by atoms with Crippen LogP contribution in [-0.2, 0) is 14.3 Å². The number of nitriles is 1. The molecule has 0 aliphatic rings. The van der Waals surface area contributed by atoms with Gasteiger partial charge in [0.15, 0.2) is 0 Å². The van der Waals surface area contributed by atoms with Crippen molar-refractivity contribution in [3.8, 4) is 6.07 Å². The summed E-state index contributed by atoms with van der Waals surface area (Å²) in [5.74, 6) is 0.0976. The first kappa shape index (κ1) is 16.7. The first-order valence-electron chi connectivity index (χ1n) is 6.65. The van der Waals surface area contributed by atoms with Crippen LogP contribution in [0.4, 0.5) is 5.88 Å². The average Bonchev–Trinajstić information content (AvgIpc) is 2.70. The number of furan rings is 1. The average molecular weight is 293 g/mol. The van der Waals surface area contributed by atoms with E-state index in [1.807, 2.05) is 6.07 Å². The number of esters is 1. The smallest absolute Gasteiger partial charge is 0.307 e. The summed E-state index contributed by atoms with van der Waals surface area (Å²) in [6, 6.07) is 2.00. The molecule has 0 bridgehead atoms. The number of rotatable bonds is 7. The summed E-state index contributed by atoms with van der Waals surface area (Å²) >= 11 is 0. The number of nitrogens with zero attached hydrogens (tertiary/aromatic N) is 1. The summed E-state index contributed by atoms with van der Waals surface area (Å²) < 4.78 is 10.1. The summed E-state index contributed by atoms with van der Waals surface area (Å²) in [6.07, 6.45) is 0.198. The van der Waals surface area contributed by atoms with Crippen molar-refractivity contribution in [2.45, 2.75) is 27.2 Å². The van der Waals surface area contributed by atoms with E-state index in [9.17, 15) is 9.59 Å². The van der Waals surface area contributed by atoms with E-state index in [0.29, 0.717) is 30.0 Å². The molecule has 0 spiro atoms. The van der Waals surface area contributed by atoms with Gasteiger partial charge in [0.2, 0.25) is 11.8 Å². The topological polar surface area (TPSA) is 104 Å². The molecule has 21 heavy (non-hydrogen) atoms. The minimum Gasteiger partial charge on any atom is -0.466 e. The zero-order valence-electron chi connectivity index (χ0n) is 12.4. The second kappa shape index (κ2) is 8.07. The predicted octanol–water partition coefficient (Wildman–Crippen LogP) is 1.25. The summed E-state index contributed by atoms with van der Waals surface area (Å²) in [4.78, 5) is 22.8. The SMILES string of the molecule is CCOC(=O)CCNCC(=O)Nc1oc(C)c(C)c1C#N. The van der Waals surface area contributed by atoms with Gasteiger partial charge >= 0.3 is 5.97 Å². The van der Waals surface area contributed by atoms with Crippen molar-refractivity contribution < 1.29 is 18.7 Å². The molecule has 0 aliphatic heterocycles. The maximum atomic E-state index is 11.7. The van der Waals surface area contributed by atoms with E-state index in [1.54, 1.807) is 20.8 Å². The minimum atomic E-state index is -0.343. The highest BCUT2D eigenvalue weighted by Crippen LogP contribution is 2.24. The van der Waals surface area contributed by atoms with Crippen LogP contribution in [0.3, 0.4) is 0 Å². The Labute approximate surface area is 123 Å². The van der Waals surface area contributed by atoms with E-state index < -0.39 is 0 Å². The van der Waals surface area contributed by atoms with Crippen LogP contribution in [0.5, 0.6) is 0 Å². The molecule has 0 saturated carbocycles. The normalized spacial score (nSPS) is 10.0. The zero-order valence-corrected chi connectivity index (χ0v) is 12.4. The maximum absolute atomic E-state index is 11.7. The highest BCUT2D eigenvalue weighted by molar-refractivity contribution is 5.92. The maximum Gasteiger partial charge on any atom is 0.307 e. The van der Waals surface area contributed by atoms with Gasteiger partial charge in [-0.1, -0.05) is 0 Å². The van der Waals surface area contributed by atoms with Crippen LogP contribution in [-0.4, -0.2) is 31.6 Å². The van der Waals surface area contributed by atoms with Gasteiger partial charge in [0.25, 0.3) is 0 Å². The van der Waals surface area contributed by atoms with E-state index in [1.165, 1.54) is 0 Å².